The van der Waals surface area contributed by atoms with E-state index in [9.17, 15) is 9.59 Å². The van der Waals surface area contributed by atoms with Crippen molar-refractivity contribution < 1.29 is 9.59 Å². The molecule has 0 unspecified atom stereocenters. The van der Waals surface area contributed by atoms with Crippen molar-refractivity contribution in [2.24, 2.45) is 0 Å². The van der Waals surface area contributed by atoms with Crippen LogP contribution in [0, 0.1) is 0 Å². The maximum absolute atomic E-state index is 12.5. The number of hydrogen-bond acceptors (Lipinski definition) is 4. The smallest absolute Gasteiger partial charge is 0.255 e. The molecule has 2 aromatic heterocycles. The van der Waals surface area contributed by atoms with Crippen molar-refractivity contribution >= 4 is 39.5 Å². The second kappa shape index (κ2) is 7.05. The third-order valence-corrected chi connectivity index (χ3v) is 4.75. The Labute approximate surface area is 159 Å². The highest BCUT2D eigenvalue weighted by Gasteiger charge is 2.09. The number of nitrogens with one attached hydrogen (secondary N) is 2. The van der Waals surface area contributed by atoms with Crippen molar-refractivity contribution in [1.29, 1.82) is 0 Å². The molecule has 0 atom stereocenters. The zero-order chi connectivity index (χ0) is 18.8. The zero-order valence-corrected chi connectivity index (χ0v) is 15.3. The number of imidazole rings is 1. The molecule has 2 heterocycles. The molecule has 134 valence electrons. The van der Waals surface area contributed by atoms with Gasteiger partial charge in [-0.1, -0.05) is 12.1 Å². The van der Waals surface area contributed by atoms with Crippen LogP contribution in [0.3, 0.4) is 0 Å². The molecule has 0 aliphatic carbocycles. The van der Waals surface area contributed by atoms with E-state index in [2.05, 4.69) is 15.6 Å². The lowest BCUT2D eigenvalue weighted by atomic mass is 10.1. The SMILES string of the molecule is CC(=O)Nc1ccc(C(=O)Nc2cccc(-c3cn4ccsc4n3)c2)cc1. The third kappa shape index (κ3) is 3.73. The number of hydrogen-bond donors (Lipinski definition) is 2. The molecule has 2 N–H and O–H groups in total. The molecular weight excluding hydrogens is 360 g/mol. The van der Waals surface area contributed by atoms with Crippen LogP contribution in [0.1, 0.15) is 17.3 Å². The van der Waals surface area contributed by atoms with Gasteiger partial charge >= 0.3 is 0 Å². The van der Waals surface area contributed by atoms with Crippen molar-refractivity contribution in [2.45, 2.75) is 6.92 Å². The maximum Gasteiger partial charge on any atom is 0.255 e. The monoisotopic (exact) mass is 376 g/mol. The summed E-state index contributed by atoms with van der Waals surface area (Å²) in [6.07, 6.45) is 3.93. The molecule has 4 rings (SSSR count). The summed E-state index contributed by atoms with van der Waals surface area (Å²) in [5.41, 5.74) is 3.65. The van der Waals surface area contributed by atoms with E-state index in [0.717, 1.165) is 16.2 Å². The lowest BCUT2D eigenvalue weighted by Gasteiger charge is -2.08. The van der Waals surface area contributed by atoms with Gasteiger partial charge in [0.25, 0.3) is 5.91 Å². The summed E-state index contributed by atoms with van der Waals surface area (Å²) in [6, 6.07) is 14.3. The highest BCUT2D eigenvalue weighted by atomic mass is 32.1. The van der Waals surface area contributed by atoms with E-state index in [0.29, 0.717) is 16.9 Å². The second-order valence-corrected chi connectivity index (χ2v) is 6.89. The van der Waals surface area contributed by atoms with Gasteiger partial charge in [-0.25, -0.2) is 4.98 Å². The van der Waals surface area contributed by atoms with Crippen LogP contribution in [0.5, 0.6) is 0 Å². The standard InChI is InChI=1S/C20H16N4O2S/c1-13(25)21-16-7-5-14(6-8-16)19(26)22-17-4-2-3-15(11-17)18-12-24-9-10-27-20(24)23-18/h2-12H,1H3,(H,21,25)(H,22,26). The number of amides is 2. The predicted molar refractivity (Wildman–Crippen MR) is 107 cm³/mol. The minimum Gasteiger partial charge on any atom is -0.326 e. The minimum absolute atomic E-state index is 0.150. The summed E-state index contributed by atoms with van der Waals surface area (Å²) in [4.78, 5) is 29.1. The molecule has 2 amide bonds. The molecule has 0 radical (unpaired) electrons. The number of rotatable bonds is 4. The van der Waals surface area contributed by atoms with E-state index in [1.807, 2.05) is 46.4 Å². The molecule has 6 nitrogen and oxygen atoms in total. The Hall–Kier alpha value is -3.45. The molecule has 0 spiro atoms. The zero-order valence-electron chi connectivity index (χ0n) is 14.5. The molecule has 7 heteroatoms. The maximum atomic E-state index is 12.5. The molecule has 4 aromatic rings. The van der Waals surface area contributed by atoms with Crippen LogP contribution < -0.4 is 10.6 Å². The number of carbonyl (C=O) groups excluding carboxylic acids is 2. The Balaban J connectivity index is 1.51. The molecule has 2 aromatic carbocycles. The molecule has 0 aliphatic heterocycles. The van der Waals surface area contributed by atoms with Gasteiger partial charge in [0.2, 0.25) is 5.91 Å². The fraction of sp³-hybridized carbons (Fsp3) is 0.0500. The van der Waals surface area contributed by atoms with Crippen molar-refractivity contribution in [3.05, 3.63) is 71.9 Å². The van der Waals surface area contributed by atoms with Crippen molar-refractivity contribution in [3.63, 3.8) is 0 Å². The van der Waals surface area contributed by atoms with E-state index >= 15 is 0 Å². The summed E-state index contributed by atoms with van der Waals surface area (Å²) >= 11 is 1.58. The van der Waals surface area contributed by atoms with Crippen molar-refractivity contribution in [3.8, 4) is 11.3 Å². The van der Waals surface area contributed by atoms with Crippen LogP contribution in [0.2, 0.25) is 0 Å². The highest BCUT2D eigenvalue weighted by molar-refractivity contribution is 7.15. The van der Waals surface area contributed by atoms with Gasteiger partial charge in [-0.15, -0.1) is 11.3 Å². The van der Waals surface area contributed by atoms with E-state index < -0.39 is 0 Å². The van der Waals surface area contributed by atoms with Crippen LogP contribution in [0.15, 0.2) is 66.3 Å². The fourth-order valence-electron chi connectivity index (χ4n) is 2.73. The average molecular weight is 376 g/mol. The number of anilines is 2. The van der Waals surface area contributed by atoms with Gasteiger partial charge in [0, 0.05) is 47.2 Å². The molecule has 0 bridgehead atoms. The van der Waals surface area contributed by atoms with Crippen LogP contribution >= 0.6 is 11.3 Å². The van der Waals surface area contributed by atoms with Gasteiger partial charge in [-0.3, -0.25) is 14.0 Å². The van der Waals surface area contributed by atoms with Gasteiger partial charge in [-0.05, 0) is 36.4 Å². The van der Waals surface area contributed by atoms with E-state index in [-0.39, 0.29) is 11.8 Å². The molecule has 27 heavy (non-hydrogen) atoms. The number of benzene rings is 2. The van der Waals surface area contributed by atoms with Gasteiger partial charge < -0.3 is 10.6 Å². The van der Waals surface area contributed by atoms with Gasteiger partial charge in [-0.2, -0.15) is 0 Å². The topological polar surface area (TPSA) is 75.5 Å². The fourth-order valence-corrected chi connectivity index (χ4v) is 3.43. The summed E-state index contributed by atoms with van der Waals surface area (Å²) in [7, 11) is 0. The number of fused-ring (bicyclic) bond motifs is 1. The van der Waals surface area contributed by atoms with Crippen LogP contribution in [-0.2, 0) is 4.79 Å². The van der Waals surface area contributed by atoms with Gasteiger partial charge in [0.1, 0.15) is 0 Å². The lowest BCUT2D eigenvalue weighted by Crippen LogP contribution is -2.12. The lowest BCUT2D eigenvalue weighted by molar-refractivity contribution is -0.114. The molecular formula is C20H16N4O2S. The Bertz CT molecular complexity index is 1100. The van der Waals surface area contributed by atoms with Gasteiger partial charge in [0.15, 0.2) is 4.96 Å². The summed E-state index contributed by atoms with van der Waals surface area (Å²) < 4.78 is 1.97. The number of thiazole rings is 1. The van der Waals surface area contributed by atoms with Crippen molar-refractivity contribution in [1.82, 2.24) is 9.38 Å². The second-order valence-electron chi connectivity index (χ2n) is 6.01. The minimum atomic E-state index is -0.215. The number of aromatic nitrogens is 2. The Kier molecular flexibility index (Phi) is 4.43. The van der Waals surface area contributed by atoms with Crippen LogP contribution in [0.4, 0.5) is 11.4 Å². The summed E-state index contributed by atoms with van der Waals surface area (Å²) in [5, 5.41) is 7.56. The van der Waals surface area contributed by atoms with Gasteiger partial charge in [0.05, 0.1) is 5.69 Å². The highest BCUT2D eigenvalue weighted by Crippen LogP contribution is 2.24. The molecule has 0 fully saturated rings. The molecule has 0 aliphatic rings. The first-order valence-electron chi connectivity index (χ1n) is 8.30. The number of carbonyl (C=O) groups is 2. The summed E-state index contributed by atoms with van der Waals surface area (Å²) in [5.74, 6) is -0.365. The first-order chi connectivity index (χ1) is 13.1. The largest absolute Gasteiger partial charge is 0.326 e. The predicted octanol–water partition coefficient (Wildman–Crippen LogP) is 4.27. The Morgan fingerprint density at radius 1 is 1.04 bits per heavy atom. The average Bonchev–Trinajstić information content (AvgIpc) is 3.24. The van der Waals surface area contributed by atoms with E-state index in [1.54, 1.807) is 35.6 Å². The van der Waals surface area contributed by atoms with Crippen molar-refractivity contribution in [2.75, 3.05) is 10.6 Å². The molecule has 0 saturated carbocycles. The van der Waals surface area contributed by atoms with Crippen LogP contribution in [0.25, 0.3) is 16.2 Å². The van der Waals surface area contributed by atoms with E-state index in [1.165, 1.54) is 6.92 Å². The third-order valence-electron chi connectivity index (χ3n) is 3.98. The normalized spacial score (nSPS) is 10.7. The van der Waals surface area contributed by atoms with Crippen LogP contribution in [-0.4, -0.2) is 21.2 Å². The molecule has 0 saturated heterocycles. The summed E-state index contributed by atoms with van der Waals surface area (Å²) in [6.45, 7) is 1.44. The number of nitrogens with zero attached hydrogens (tertiary/aromatic N) is 2. The Morgan fingerprint density at radius 3 is 2.59 bits per heavy atom. The Morgan fingerprint density at radius 2 is 1.85 bits per heavy atom. The van der Waals surface area contributed by atoms with E-state index in [4.69, 9.17) is 0 Å². The first-order valence-corrected chi connectivity index (χ1v) is 9.18. The first kappa shape index (κ1) is 17.0. The quantitative estimate of drug-likeness (QED) is 0.558.